The van der Waals surface area contributed by atoms with E-state index >= 15 is 0 Å². The highest BCUT2D eigenvalue weighted by molar-refractivity contribution is 7.11. The lowest BCUT2D eigenvalue weighted by Crippen LogP contribution is -1.84. The predicted molar refractivity (Wildman–Crippen MR) is 49.7 cm³/mol. The van der Waals surface area contributed by atoms with E-state index in [-0.39, 0.29) is 0 Å². The van der Waals surface area contributed by atoms with Crippen LogP contribution in [0.1, 0.15) is 9.80 Å². The van der Waals surface area contributed by atoms with Gasteiger partial charge in [-0.05, 0) is 0 Å². The van der Waals surface area contributed by atoms with Gasteiger partial charge in [0.1, 0.15) is 0 Å². The SMILES string of the molecule is Cn1cc(-c2csc(C=O)n2)cn1. The van der Waals surface area contributed by atoms with Crippen LogP contribution in [0.3, 0.4) is 0 Å². The second-order valence-corrected chi connectivity index (χ2v) is 3.48. The standard InChI is InChI=1S/C8H7N3OS/c1-11-3-6(2-9-11)7-5-13-8(4-12)10-7/h2-5H,1H3. The Morgan fingerprint density at radius 3 is 3.00 bits per heavy atom. The third-order valence-electron chi connectivity index (χ3n) is 1.62. The highest BCUT2D eigenvalue weighted by Gasteiger charge is 2.04. The van der Waals surface area contributed by atoms with Gasteiger partial charge < -0.3 is 0 Å². The van der Waals surface area contributed by atoms with Gasteiger partial charge in [-0.2, -0.15) is 5.10 Å². The average Bonchev–Trinajstić information content (AvgIpc) is 2.71. The summed E-state index contributed by atoms with van der Waals surface area (Å²) in [4.78, 5) is 14.5. The minimum Gasteiger partial charge on any atom is -0.295 e. The third kappa shape index (κ3) is 1.50. The number of rotatable bonds is 2. The van der Waals surface area contributed by atoms with Crippen LogP contribution in [0.5, 0.6) is 0 Å². The Hall–Kier alpha value is -1.49. The fourth-order valence-corrected chi connectivity index (χ4v) is 1.66. The monoisotopic (exact) mass is 193 g/mol. The van der Waals surface area contributed by atoms with E-state index in [4.69, 9.17) is 0 Å². The molecule has 0 saturated carbocycles. The zero-order valence-corrected chi connectivity index (χ0v) is 7.78. The quantitative estimate of drug-likeness (QED) is 0.676. The number of aldehydes is 1. The maximum atomic E-state index is 10.4. The van der Waals surface area contributed by atoms with Crippen molar-refractivity contribution in [1.29, 1.82) is 0 Å². The van der Waals surface area contributed by atoms with Crippen LogP contribution in [0.2, 0.25) is 0 Å². The summed E-state index contributed by atoms with van der Waals surface area (Å²) in [5.41, 5.74) is 1.74. The smallest absolute Gasteiger partial charge is 0.178 e. The molecule has 0 aliphatic rings. The molecule has 13 heavy (non-hydrogen) atoms. The summed E-state index contributed by atoms with van der Waals surface area (Å²) >= 11 is 1.34. The summed E-state index contributed by atoms with van der Waals surface area (Å²) in [5, 5.41) is 6.37. The lowest BCUT2D eigenvalue weighted by atomic mass is 10.3. The second-order valence-electron chi connectivity index (χ2n) is 2.59. The topological polar surface area (TPSA) is 47.8 Å². The van der Waals surface area contributed by atoms with Crippen molar-refractivity contribution in [3.63, 3.8) is 0 Å². The first-order valence-corrected chi connectivity index (χ1v) is 4.57. The van der Waals surface area contributed by atoms with Crippen molar-refractivity contribution in [2.45, 2.75) is 0 Å². The number of aromatic nitrogens is 3. The number of thiazole rings is 1. The maximum absolute atomic E-state index is 10.4. The van der Waals surface area contributed by atoms with Crippen molar-refractivity contribution in [3.8, 4) is 11.3 Å². The average molecular weight is 193 g/mol. The minimum atomic E-state index is 0.499. The molecule has 2 rings (SSSR count). The molecule has 4 nitrogen and oxygen atoms in total. The predicted octanol–water partition coefficient (Wildman–Crippen LogP) is 1.36. The van der Waals surface area contributed by atoms with Crippen LogP contribution < -0.4 is 0 Å². The van der Waals surface area contributed by atoms with Crippen molar-refractivity contribution in [1.82, 2.24) is 14.8 Å². The maximum Gasteiger partial charge on any atom is 0.178 e. The molecule has 0 atom stereocenters. The molecule has 0 fully saturated rings. The van der Waals surface area contributed by atoms with Crippen LogP contribution in [0.4, 0.5) is 0 Å². The summed E-state index contributed by atoms with van der Waals surface area (Å²) in [5.74, 6) is 0. The molecular formula is C8H7N3OS. The Kier molecular flexibility index (Phi) is 1.94. The van der Waals surface area contributed by atoms with Crippen molar-refractivity contribution in [2.24, 2.45) is 7.05 Å². The van der Waals surface area contributed by atoms with Crippen LogP contribution in [0, 0.1) is 0 Å². The van der Waals surface area contributed by atoms with E-state index < -0.39 is 0 Å². The van der Waals surface area contributed by atoms with Gasteiger partial charge in [0.05, 0.1) is 11.9 Å². The summed E-state index contributed by atoms with van der Waals surface area (Å²) in [7, 11) is 1.84. The van der Waals surface area contributed by atoms with E-state index in [9.17, 15) is 4.79 Å². The molecule has 2 heterocycles. The van der Waals surface area contributed by atoms with Gasteiger partial charge in [0.2, 0.25) is 0 Å². The van der Waals surface area contributed by atoms with Crippen molar-refractivity contribution >= 4 is 17.6 Å². The molecule has 0 saturated heterocycles. The van der Waals surface area contributed by atoms with Gasteiger partial charge in [-0.15, -0.1) is 11.3 Å². The van der Waals surface area contributed by atoms with Crippen molar-refractivity contribution < 1.29 is 4.79 Å². The molecule has 0 aliphatic heterocycles. The van der Waals surface area contributed by atoms with Gasteiger partial charge in [-0.25, -0.2) is 4.98 Å². The summed E-state index contributed by atoms with van der Waals surface area (Å²) in [6.45, 7) is 0. The summed E-state index contributed by atoms with van der Waals surface area (Å²) in [6, 6.07) is 0. The van der Waals surface area contributed by atoms with E-state index in [2.05, 4.69) is 10.1 Å². The Labute approximate surface area is 78.8 Å². The Morgan fingerprint density at radius 2 is 2.46 bits per heavy atom. The molecule has 5 heteroatoms. The molecule has 0 radical (unpaired) electrons. The molecule has 0 bridgehead atoms. The van der Waals surface area contributed by atoms with Crippen molar-refractivity contribution in [2.75, 3.05) is 0 Å². The summed E-state index contributed by atoms with van der Waals surface area (Å²) in [6.07, 6.45) is 4.35. The van der Waals surface area contributed by atoms with Crippen LogP contribution in [-0.2, 0) is 7.05 Å². The van der Waals surface area contributed by atoms with Crippen molar-refractivity contribution in [3.05, 3.63) is 22.8 Å². The lowest BCUT2D eigenvalue weighted by Gasteiger charge is -1.85. The molecule has 2 aromatic rings. The van der Waals surface area contributed by atoms with Gasteiger partial charge in [-0.1, -0.05) is 0 Å². The normalized spacial score (nSPS) is 10.2. The molecule has 66 valence electrons. The van der Waals surface area contributed by atoms with E-state index in [1.54, 1.807) is 10.9 Å². The molecule has 0 unspecified atom stereocenters. The van der Waals surface area contributed by atoms with E-state index in [0.717, 1.165) is 17.5 Å². The Balaban J connectivity index is 2.40. The highest BCUT2D eigenvalue weighted by atomic mass is 32.1. The largest absolute Gasteiger partial charge is 0.295 e. The number of aryl methyl sites for hydroxylation is 1. The number of hydrogen-bond acceptors (Lipinski definition) is 4. The Bertz CT molecular complexity index is 432. The van der Waals surface area contributed by atoms with Gasteiger partial charge in [0.25, 0.3) is 0 Å². The van der Waals surface area contributed by atoms with E-state index in [1.807, 2.05) is 18.6 Å². The summed E-state index contributed by atoms with van der Waals surface area (Å²) < 4.78 is 1.70. The zero-order chi connectivity index (χ0) is 9.26. The molecule has 0 aliphatic carbocycles. The van der Waals surface area contributed by atoms with Crippen LogP contribution in [-0.4, -0.2) is 21.1 Å². The molecule has 0 amide bonds. The zero-order valence-electron chi connectivity index (χ0n) is 6.97. The van der Waals surface area contributed by atoms with Gasteiger partial charge >= 0.3 is 0 Å². The third-order valence-corrected chi connectivity index (χ3v) is 2.39. The van der Waals surface area contributed by atoms with Crippen LogP contribution in [0.25, 0.3) is 11.3 Å². The fourth-order valence-electron chi connectivity index (χ4n) is 1.03. The Morgan fingerprint density at radius 1 is 1.62 bits per heavy atom. The first-order valence-electron chi connectivity index (χ1n) is 3.69. The van der Waals surface area contributed by atoms with Gasteiger partial charge in [-0.3, -0.25) is 9.48 Å². The lowest BCUT2D eigenvalue weighted by molar-refractivity contribution is 0.112. The van der Waals surface area contributed by atoms with Crippen LogP contribution in [0.15, 0.2) is 17.8 Å². The van der Waals surface area contributed by atoms with Gasteiger partial charge in [0, 0.05) is 24.2 Å². The molecule has 0 aromatic carbocycles. The van der Waals surface area contributed by atoms with E-state index in [1.165, 1.54) is 11.3 Å². The molecular weight excluding hydrogens is 186 g/mol. The fraction of sp³-hybridized carbons (Fsp3) is 0.125. The molecule has 2 aromatic heterocycles. The molecule has 0 spiro atoms. The minimum absolute atomic E-state index is 0.499. The van der Waals surface area contributed by atoms with E-state index in [0.29, 0.717) is 5.01 Å². The number of nitrogens with zero attached hydrogens (tertiary/aromatic N) is 3. The highest BCUT2D eigenvalue weighted by Crippen LogP contribution is 2.19. The second kappa shape index (κ2) is 3.10. The number of carbonyl (C=O) groups is 1. The van der Waals surface area contributed by atoms with Gasteiger partial charge in [0.15, 0.2) is 11.3 Å². The number of carbonyl (C=O) groups excluding carboxylic acids is 1. The molecule has 0 N–H and O–H groups in total. The first kappa shape index (κ1) is 8.12. The first-order chi connectivity index (χ1) is 6.29. The van der Waals surface area contributed by atoms with Crippen LogP contribution >= 0.6 is 11.3 Å². The number of hydrogen-bond donors (Lipinski definition) is 0.